The third kappa shape index (κ3) is 7.49. The Morgan fingerprint density at radius 2 is 2.00 bits per heavy atom. The highest BCUT2D eigenvalue weighted by Crippen LogP contribution is 1.75. The van der Waals surface area contributed by atoms with Crippen molar-refractivity contribution >= 4 is 11.7 Å². The van der Waals surface area contributed by atoms with Gasteiger partial charge in [-0.1, -0.05) is 13.0 Å². The van der Waals surface area contributed by atoms with Crippen molar-refractivity contribution in [3.05, 3.63) is 12.2 Å². The summed E-state index contributed by atoms with van der Waals surface area (Å²) in [6, 6.07) is 0. The van der Waals surface area contributed by atoms with E-state index in [0.717, 1.165) is 0 Å². The Hall–Kier alpha value is -1.16. The molecule has 0 rings (SSSR count). The van der Waals surface area contributed by atoms with Crippen molar-refractivity contribution in [2.75, 3.05) is 19.6 Å². The molecule has 0 unspecified atom stereocenters. The van der Waals surface area contributed by atoms with Gasteiger partial charge in [0.25, 0.3) is 0 Å². The monoisotopic (exact) mass is 198 g/mol. The van der Waals surface area contributed by atoms with E-state index >= 15 is 0 Å². The molecule has 0 spiro atoms. The molecule has 0 atom stereocenters. The summed E-state index contributed by atoms with van der Waals surface area (Å²) in [6.07, 6.45) is 3.73. The summed E-state index contributed by atoms with van der Waals surface area (Å²) in [5, 5.41) is 5.64. The first-order valence-corrected chi connectivity index (χ1v) is 4.83. The maximum Gasteiger partial charge on any atom is 0.219 e. The molecule has 0 aliphatic rings. The van der Waals surface area contributed by atoms with Crippen molar-refractivity contribution in [2.45, 2.75) is 20.3 Å². The number of allylic oxidation sites excluding steroid dienone is 1. The van der Waals surface area contributed by atoms with E-state index in [4.69, 9.17) is 0 Å². The Morgan fingerprint density at radius 3 is 2.57 bits per heavy atom. The summed E-state index contributed by atoms with van der Waals surface area (Å²) in [5.41, 5.74) is 0. The van der Waals surface area contributed by atoms with Crippen molar-refractivity contribution in [1.29, 1.82) is 0 Å². The molecule has 0 aliphatic heterocycles. The van der Waals surface area contributed by atoms with Crippen LogP contribution in [-0.2, 0) is 9.59 Å². The number of rotatable bonds is 7. The van der Waals surface area contributed by atoms with Crippen LogP contribution in [0.1, 0.15) is 20.3 Å². The summed E-state index contributed by atoms with van der Waals surface area (Å²) in [5.74, 6) is 0.0842. The highest BCUT2D eigenvalue weighted by molar-refractivity contribution is 5.91. The van der Waals surface area contributed by atoms with Gasteiger partial charge in [0.1, 0.15) is 0 Å². The molecule has 0 bridgehead atoms. The van der Waals surface area contributed by atoms with E-state index < -0.39 is 0 Å². The van der Waals surface area contributed by atoms with Gasteiger partial charge in [-0.2, -0.15) is 0 Å². The fourth-order valence-corrected chi connectivity index (χ4v) is 0.872. The topological polar surface area (TPSA) is 58.2 Å². The van der Waals surface area contributed by atoms with Crippen LogP contribution in [-0.4, -0.2) is 31.3 Å². The highest BCUT2D eigenvalue weighted by Gasteiger charge is 1.96. The molecule has 1 amide bonds. The molecular formula is C10H18N2O2. The first-order valence-electron chi connectivity index (χ1n) is 4.83. The van der Waals surface area contributed by atoms with Crippen molar-refractivity contribution in [2.24, 2.45) is 0 Å². The lowest BCUT2D eigenvalue weighted by molar-refractivity contribution is -0.120. The zero-order valence-corrected chi connectivity index (χ0v) is 8.80. The van der Waals surface area contributed by atoms with Crippen LogP contribution in [0.25, 0.3) is 0 Å². The molecule has 80 valence electrons. The van der Waals surface area contributed by atoms with Gasteiger partial charge in [-0.3, -0.25) is 9.59 Å². The molecule has 0 heterocycles. The molecule has 0 aliphatic carbocycles. The van der Waals surface area contributed by atoms with Gasteiger partial charge < -0.3 is 10.6 Å². The van der Waals surface area contributed by atoms with E-state index in [-0.39, 0.29) is 11.7 Å². The quantitative estimate of drug-likeness (QED) is 0.455. The smallest absolute Gasteiger partial charge is 0.219 e. The zero-order chi connectivity index (χ0) is 10.8. The summed E-state index contributed by atoms with van der Waals surface area (Å²) >= 11 is 0. The van der Waals surface area contributed by atoms with Crippen molar-refractivity contribution < 1.29 is 9.59 Å². The van der Waals surface area contributed by atoms with Crippen molar-refractivity contribution in [3.8, 4) is 0 Å². The molecule has 4 heteroatoms. The second-order valence-electron chi connectivity index (χ2n) is 2.85. The predicted molar refractivity (Wildman–Crippen MR) is 56.0 cm³/mol. The number of ketones is 1. The molecule has 0 fully saturated rings. The van der Waals surface area contributed by atoms with Crippen LogP contribution in [0.15, 0.2) is 12.2 Å². The number of hydrogen-bond acceptors (Lipinski definition) is 3. The van der Waals surface area contributed by atoms with Crippen LogP contribution in [0.4, 0.5) is 0 Å². The van der Waals surface area contributed by atoms with E-state index in [2.05, 4.69) is 10.6 Å². The van der Waals surface area contributed by atoms with Gasteiger partial charge in [-0.15, -0.1) is 0 Å². The first kappa shape index (κ1) is 12.8. The maximum atomic E-state index is 11.0. The lowest BCUT2D eigenvalue weighted by Gasteiger charge is -2.03. The Bertz CT molecular complexity index is 212. The molecule has 0 saturated heterocycles. The Labute approximate surface area is 84.8 Å². The lowest BCUT2D eigenvalue weighted by Crippen LogP contribution is -2.33. The van der Waals surface area contributed by atoms with Crippen molar-refractivity contribution in [3.63, 3.8) is 0 Å². The third-order valence-electron chi connectivity index (χ3n) is 1.60. The Morgan fingerprint density at radius 1 is 1.29 bits per heavy atom. The number of amides is 1. The molecule has 0 aromatic heterocycles. The average molecular weight is 198 g/mol. The summed E-state index contributed by atoms with van der Waals surface area (Å²) in [7, 11) is 0. The number of hydrogen-bond donors (Lipinski definition) is 2. The van der Waals surface area contributed by atoms with E-state index in [0.29, 0.717) is 26.1 Å². The minimum absolute atomic E-state index is 0.0339. The fourth-order valence-electron chi connectivity index (χ4n) is 0.872. The van der Waals surface area contributed by atoms with E-state index in [1.807, 2.05) is 0 Å². The average Bonchev–Trinajstić information content (AvgIpc) is 2.17. The van der Waals surface area contributed by atoms with Gasteiger partial charge in [0.15, 0.2) is 5.78 Å². The number of nitrogens with one attached hydrogen (secondary N) is 2. The normalized spacial score (nSPS) is 10.4. The second-order valence-corrected chi connectivity index (χ2v) is 2.85. The Kier molecular flexibility index (Phi) is 7.74. The summed E-state index contributed by atoms with van der Waals surface area (Å²) in [6.45, 7) is 5.12. The van der Waals surface area contributed by atoms with E-state index in [1.165, 1.54) is 6.08 Å². The summed E-state index contributed by atoms with van der Waals surface area (Å²) < 4.78 is 0. The first-order chi connectivity index (χ1) is 6.70. The zero-order valence-electron chi connectivity index (χ0n) is 8.80. The van der Waals surface area contributed by atoms with E-state index in [1.54, 1.807) is 19.9 Å². The van der Waals surface area contributed by atoms with E-state index in [9.17, 15) is 9.59 Å². The SMILES string of the molecule is C/C=C/C(=O)CNCCNC(=O)CC. The lowest BCUT2D eigenvalue weighted by atomic mass is 10.3. The molecule has 0 radical (unpaired) electrons. The molecule has 2 N–H and O–H groups in total. The van der Waals surface area contributed by atoms with Crippen molar-refractivity contribution in [1.82, 2.24) is 10.6 Å². The molecule has 14 heavy (non-hydrogen) atoms. The van der Waals surface area contributed by atoms with Crippen LogP contribution in [0.3, 0.4) is 0 Å². The molecule has 0 aromatic rings. The van der Waals surface area contributed by atoms with Gasteiger partial charge in [-0.25, -0.2) is 0 Å². The molecule has 0 aromatic carbocycles. The maximum absolute atomic E-state index is 11.0. The minimum Gasteiger partial charge on any atom is -0.355 e. The van der Waals surface area contributed by atoms with Crippen LogP contribution in [0.5, 0.6) is 0 Å². The van der Waals surface area contributed by atoms with Crippen LogP contribution >= 0.6 is 0 Å². The van der Waals surface area contributed by atoms with Gasteiger partial charge >= 0.3 is 0 Å². The van der Waals surface area contributed by atoms with Gasteiger partial charge in [0.05, 0.1) is 6.54 Å². The highest BCUT2D eigenvalue weighted by atomic mass is 16.1. The molecule has 0 saturated carbocycles. The third-order valence-corrected chi connectivity index (χ3v) is 1.60. The van der Waals surface area contributed by atoms with Crippen LogP contribution in [0.2, 0.25) is 0 Å². The predicted octanol–water partition coefficient (Wildman–Crippen LogP) is 0.247. The van der Waals surface area contributed by atoms with Crippen LogP contribution < -0.4 is 10.6 Å². The van der Waals surface area contributed by atoms with Gasteiger partial charge in [-0.05, 0) is 13.0 Å². The number of carbonyl (C=O) groups is 2. The Balaban J connectivity index is 3.29. The standard InChI is InChI=1S/C10H18N2O2/c1-3-5-9(13)8-11-6-7-12-10(14)4-2/h3,5,11H,4,6-8H2,1-2H3,(H,12,14)/b5-3+. The van der Waals surface area contributed by atoms with Gasteiger partial charge in [0.2, 0.25) is 5.91 Å². The minimum atomic E-state index is 0.0339. The number of carbonyl (C=O) groups excluding carboxylic acids is 2. The largest absolute Gasteiger partial charge is 0.355 e. The summed E-state index contributed by atoms with van der Waals surface area (Å²) in [4.78, 5) is 21.8. The van der Waals surface area contributed by atoms with Crippen LogP contribution in [0, 0.1) is 0 Å². The molecular weight excluding hydrogens is 180 g/mol. The second kappa shape index (κ2) is 8.44. The van der Waals surface area contributed by atoms with Gasteiger partial charge in [0, 0.05) is 19.5 Å². The fraction of sp³-hybridized carbons (Fsp3) is 0.600. The molecule has 4 nitrogen and oxygen atoms in total.